The van der Waals surface area contributed by atoms with Gasteiger partial charge in [0.15, 0.2) is 11.6 Å². The minimum absolute atomic E-state index is 0.695. The average molecular weight is 758 g/mol. The van der Waals surface area contributed by atoms with Gasteiger partial charge in [0.1, 0.15) is 0 Å². The maximum absolute atomic E-state index is 4.46. The van der Waals surface area contributed by atoms with Crippen LogP contribution in [0.15, 0.2) is 213 Å². The lowest BCUT2D eigenvalue weighted by Gasteiger charge is -2.26. The predicted octanol–water partition coefficient (Wildman–Crippen LogP) is 12.8. The second-order valence-electron chi connectivity index (χ2n) is 14.4. The summed E-state index contributed by atoms with van der Waals surface area (Å²) in [4.78, 5) is 20.1. The van der Waals surface area contributed by atoms with E-state index in [1.165, 1.54) is 32.7 Å². The molecular formula is C52H35N7. The summed E-state index contributed by atoms with van der Waals surface area (Å²) in [6, 6.07) is 64.2. The fraction of sp³-hybridized carbons (Fsp3) is 0. The summed E-state index contributed by atoms with van der Waals surface area (Å²) in [5.74, 6) is 1.39. The van der Waals surface area contributed by atoms with Crippen molar-refractivity contribution in [2.24, 2.45) is 0 Å². The molecule has 11 rings (SSSR count). The van der Waals surface area contributed by atoms with Gasteiger partial charge in [0.05, 0.1) is 16.6 Å². The number of hydrogen-bond acceptors (Lipinski definition) is 5. The van der Waals surface area contributed by atoms with E-state index in [9.17, 15) is 0 Å². The van der Waals surface area contributed by atoms with Crippen molar-refractivity contribution in [3.05, 3.63) is 213 Å². The van der Waals surface area contributed by atoms with Crippen LogP contribution in [0.5, 0.6) is 0 Å². The van der Waals surface area contributed by atoms with Crippen LogP contribution >= 0.6 is 0 Å². The summed E-state index contributed by atoms with van der Waals surface area (Å²) in [5, 5.41) is 3.62. The first kappa shape index (κ1) is 34.1. The van der Waals surface area contributed by atoms with Gasteiger partial charge in [-0.2, -0.15) is 0 Å². The highest BCUT2D eigenvalue weighted by Crippen LogP contribution is 2.41. The molecule has 0 bridgehead atoms. The van der Waals surface area contributed by atoms with Crippen molar-refractivity contribution in [3.8, 4) is 45.3 Å². The van der Waals surface area contributed by atoms with Crippen molar-refractivity contribution in [2.75, 3.05) is 4.90 Å². The SMILES string of the molecule is c1ccc(-n2ccc3ccc4c5cc(-c6ccc(N(c7ccc(-c8ncccn8)cc7)c7ccc(-c8ncccn8)cc7)cc6)ccc5n(-c5ccccc5)c4c32)cc1. The molecule has 0 N–H and O–H groups in total. The first-order valence-electron chi connectivity index (χ1n) is 19.6. The second kappa shape index (κ2) is 14.4. The highest BCUT2D eigenvalue weighted by Gasteiger charge is 2.19. The third-order valence-electron chi connectivity index (χ3n) is 11.0. The van der Waals surface area contributed by atoms with E-state index in [4.69, 9.17) is 0 Å². The first-order valence-corrected chi connectivity index (χ1v) is 19.6. The largest absolute Gasteiger partial charge is 0.315 e. The predicted molar refractivity (Wildman–Crippen MR) is 240 cm³/mol. The van der Waals surface area contributed by atoms with Gasteiger partial charge in [0.2, 0.25) is 0 Å². The smallest absolute Gasteiger partial charge is 0.159 e. The van der Waals surface area contributed by atoms with E-state index in [-0.39, 0.29) is 0 Å². The number of rotatable bonds is 8. The van der Waals surface area contributed by atoms with Gasteiger partial charge < -0.3 is 14.0 Å². The molecule has 278 valence electrons. The Balaban J connectivity index is 1.02. The summed E-state index contributed by atoms with van der Waals surface area (Å²) in [7, 11) is 0. The maximum Gasteiger partial charge on any atom is 0.159 e. The van der Waals surface area contributed by atoms with Crippen LogP contribution in [0.2, 0.25) is 0 Å². The summed E-state index contributed by atoms with van der Waals surface area (Å²) in [5.41, 5.74) is 13.1. The van der Waals surface area contributed by atoms with Gasteiger partial charge in [-0.25, -0.2) is 19.9 Å². The molecule has 0 saturated carbocycles. The fourth-order valence-corrected chi connectivity index (χ4v) is 8.22. The Kier molecular flexibility index (Phi) is 8.33. The number of anilines is 3. The van der Waals surface area contributed by atoms with Crippen LogP contribution in [0, 0.1) is 0 Å². The molecule has 0 amide bonds. The number of aromatic nitrogens is 6. The van der Waals surface area contributed by atoms with Gasteiger partial charge in [-0.3, -0.25) is 0 Å². The molecule has 7 nitrogen and oxygen atoms in total. The van der Waals surface area contributed by atoms with Crippen molar-refractivity contribution in [1.29, 1.82) is 0 Å². The Morgan fingerprint density at radius 1 is 0.373 bits per heavy atom. The van der Waals surface area contributed by atoms with E-state index in [1.54, 1.807) is 24.8 Å². The molecule has 0 aliphatic heterocycles. The van der Waals surface area contributed by atoms with Crippen LogP contribution in [0.4, 0.5) is 17.1 Å². The highest BCUT2D eigenvalue weighted by molar-refractivity contribution is 6.18. The van der Waals surface area contributed by atoms with Crippen LogP contribution in [-0.2, 0) is 0 Å². The standard InChI is InChI=1S/C52H35N7/c1-3-9-41(10-4-1)57-34-29-37-19-27-46-47-35-40(20-28-48(47)59(50(46)49(37)57)42-11-5-2-6-12-42)36-13-21-43(22-14-36)58(44-23-15-38(16-24-44)51-53-30-7-31-54-51)45-25-17-39(18-26-45)52-55-32-8-33-56-52/h1-35H. The molecule has 7 aromatic carbocycles. The van der Waals surface area contributed by atoms with Crippen LogP contribution in [0.25, 0.3) is 78.0 Å². The Morgan fingerprint density at radius 3 is 1.44 bits per heavy atom. The molecule has 0 spiro atoms. The maximum atomic E-state index is 4.46. The summed E-state index contributed by atoms with van der Waals surface area (Å²) >= 11 is 0. The number of benzene rings is 7. The minimum atomic E-state index is 0.695. The van der Waals surface area contributed by atoms with E-state index >= 15 is 0 Å². The summed E-state index contributed by atoms with van der Waals surface area (Å²) in [6.07, 6.45) is 9.25. The van der Waals surface area contributed by atoms with E-state index in [0.717, 1.165) is 50.7 Å². The van der Waals surface area contributed by atoms with Gasteiger partial charge in [-0.1, -0.05) is 66.7 Å². The van der Waals surface area contributed by atoms with E-state index in [1.807, 2.05) is 12.1 Å². The molecule has 0 atom stereocenters. The molecule has 0 unspecified atom stereocenters. The molecule has 0 fully saturated rings. The molecule has 4 aromatic heterocycles. The Morgan fingerprint density at radius 2 is 0.881 bits per heavy atom. The van der Waals surface area contributed by atoms with Gasteiger partial charge in [-0.15, -0.1) is 0 Å². The fourth-order valence-electron chi connectivity index (χ4n) is 8.22. The van der Waals surface area contributed by atoms with Crippen LogP contribution in [0.1, 0.15) is 0 Å². The lowest BCUT2D eigenvalue weighted by molar-refractivity contribution is 1.12. The molecule has 59 heavy (non-hydrogen) atoms. The molecule has 0 aliphatic carbocycles. The second-order valence-corrected chi connectivity index (χ2v) is 14.4. The van der Waals surface area contributed by atoms with Crippen LogP contribution < -0.4 is 4.90 Å². The Hall–Kier alpha value is -8.16. The summed E-state index contributed by atoms with van der Waals surface area (Å²) in [6.45, 7) is 0. The van der Waals surface area contributed by atoms with E-state index < -0.39 is 0 Å². The lowest BCUT2D eigenvalue weighted by Crippen LogP contribution is -2.10. The van der Waals surface area contributed by atoms with Crippen molar-refractivity contribution >= 4 is 49.8 Å². The molecular weight excluding hydrogens is 723 g/mol. The lowest BCUT2D eigenvalue weighted by atomic mass is 10.0. The number of nitrogens with zero attached hydrogens (tertiary/aromatic N) is 7. The highest BCUT2D eigenvalue weighted by atomic mass is 15.1. The van der Waals surface area contributed by atoms with E-state index in [0.29, 0.717) is 11.6 Å². The molecule has 4 heterocycles. The van der Waals surface area contributed by atoms with Gasteiger partial charge >= 0.3 is 0 Å². The third kappa shape index (κ3) is 6.09. The Labute approximate surface area is 340 Å². The number of fused-ring (bicyclic) bond motifs is 5. The van der Waals surface area contributed by atoms with Gasteiger partial charge in [0, 0.05) is 86.7 Å². The third-order valence-corrected chi connectivity index (χ3v) is 11.0. The normalized spacial score (nSPS) is 11.4. The number of hydrogen-bond donors (Lipinski definition) is 0. The van der Waals surface area contributed by atoms with Crippen molar-refractivity contribution < 1.29 is 0 Å². The quantitative estimate of drug-likeness (QED) is 0.154. The molecule has 0 saturated heterocycles. The molecule has 7 heteroatoms. The minimum Gasteiger partial charge on any atom is -0.315 e. The zero-order chi connectivity index (χ0) is 39.1. The topological polar surface area (TPSA) is 64.7 Å². The van der Waals surface area contributed by atoms with Crippen molar-refractivity contribution in [2.45, 2.75) is 0 Å². The first-order chi connectivity index (χ1) is 29.3. The van der Waals surface area contributed by atoms with Gasteiger partial charge in [0.25, 0.3) is 0 Å². The average Bonchev–Trinajstić information content (AvgIpc) is 3.90. The molecule has 11 aromatic rings. The summed E-state index contributed by atoms with van der Waals surface area (Å²) < 4.78 is 4.73. The number of para-hydroxylation sites is 2. The van der Waals surface area contributed by atoms with Crippen LogP contribution in [0.3, 0.4) is 0 Å². The zero-order valence-electron chi connectivity index (χ0n) is 31.8. The van der Waals surface area contributed by atoms with Crippen molar-refractivity contribution in [3.63, 3.8) is 0 Å². The van der Waals surface area contributed by atoms with Crippen LogP contribution in [-0.4, -0.2) is 29.1 Å². The zero-order valence-corrected chi connectivity index (χ0v) is 31.8. The monoisotopic (exact) mass is 757 g/mol. The molecule has 0 aliphatic rings. The van der Waals surface area contributed by atoms with E-state index in [2.05, 4.69) is 210 Å². The van der Waals surface area contributed by atoms with Crippen molar-refractivity contribution in [1.82, 2.24) is 29.1 Å². The Bertz CT molecular complexity index is 3130. The molecule has 0 radical (unpaired) electrons. The van der Waals surface area contributed by atoms with Gasteiger partial charge in [-0.05, 0) is 126 Å².